The Bertz CT molecular complexity index is 1450. The maximum absolute atomic E-state index is 14.8. The molecule has 0 spiro atoms. The largest absolute Gasteiger partial charge is 0.353 e. The molecule has 5 amide bonds. The van der Waals surface area contributed by atoms with Gasteiger partial charge in [0.25, 0.3) is 5.91 Å². The Kier molecular flexibility index (Phi) is 9.91. The molecule has 6 rings (SSSR count). The van der Waals surface area contributed by atoms with E-state index in [4.69, 9.17) is 0 Å². The number of sulfone groups is 1. The molecule has 13 heteroatoms. The number of ketones is 1. The summed E-state index contributed by atoms with van der Waals surface area (Å²) in [6.45, 7) is 6.59. The molecule has 0 radical (unpaired) electrons. The summed E-state index contributed by atoms with van der Waals surface area (Å²) in [6.07, 6.45) is 11.6. The predicted molar refractivity (Wildman–Crippen MR) is 184 cm³/mol. The number of Topliss-reactive ketones (excluding diaryl/α,β-unsaturated/α-hetero) is 1. The summed E-state index contributed by atoms with van der Waals surface area (Å²) >= 11 is 0. The lowest BCUT2D eigenvalue weighted by molar-refractivity contribution is -0.146. The van der Waals surface area contributed by atoms with Crippen LogP contribution in [0.25, 0.3) is 0 Å². The van der Waals surface area contributed by atoms with Crippen LogP contribution in [-0.4, -0.2) is 91.1 Å². The SMILES string of the molecule is CNC(=O)C(=O)[C@H](CC1CC1)NC(=O)[C@@H]1[C@@H]2[C@H](CN1C(=O)[C@@H](NC(=O)NC1([C@H]3CCCS3(=O)=O)CCCCC1)C1(C)CCCCC1)C2(C)C. The van der Waals surface area contributed by atoms with Crippen molar-refractivity contribution in [3.63, 3.8) is 0 Å². The van der Waals surface area contributed by atoms with Crippen LogP contribution < -0.4 is 21.3 Å². The van der Waals surface area contributed by atoms with E-state index in [0.29, 0.717) is 38.6 Å². The molecule has 4 aliphatic carbocycles. The fourth-order valence-corrected chi connectivity index (χ4v) is 12.5. The Labute approximate surface area is 291 Å². The summed E-state index contributed by atoms with van der Waals surface area (Å²) in [5, 5.41) is 10.9. The first-order valence-corrected chi connectivity index (χ1v) is 20.5. The zero-order valence-corrected chi connectivity index (χ0v) is 30.6. The summed E-state index contributed by atoms with van der Waals surface area (Å²) < 4.78 is 26.3. The lowest BCUT2D eigenvalue weighted by atomic mass is 9.70. The average molecular weight is 704 g/mol. The maximum atomic E-state index is 14.8. The fourth-order valence-electron chi connectivity index (χ4n) is 10.1. The molecule has 49 heavy (non-hydrogen) atoms. The zero-order valence-electron chi connectivity index (χ0n) is 29.8. The van der Waals surface area contributed by atoms with Gasteiger partial charge in [-0.3, -0.25) is 19.2 Å². The van der Waals surface area contributed by atoms with Gasteiger partial charge < -0.3 is 26.2 Å². The van der Waals surface area contributed by atoms with Crippen LogP contribution in [0.4, 0.5) is 4.79 Å². The summed E-state index contributed by atoms with van der Waals surface area (Å²) in [5.74, 6) is -1.79. The lowest BCUT2D eigenvalue weighted by Crippen LogP contribution is -2.66. The number of nitrogens with zero attached hydrogens (tertiary/aromatic N) is 1. The number of likely N-dealkylation sites (tertiary alicyclic amines) is 1. The van der Waals surface area contributed by atoms with Crippen LogP contribution in [-0.2, 0) is 29.0 Å². The summed E-state index contributed by atoms with van der Waals surface area (Å²) in [5.41, 5.74) is -1.60. The van der Waals surface area contributed by atoms with E-state index >= 15 is 0 Å². The molecule has 2 saturated heterocycles. The van der Waals surface area contributed by atoms with Crippen molar-refractivity contribution in [3.05, 3.63) is 0 Å². The van der Waals surface area contributed by atoms with Gasteiger partial charge in [-0.25, -0.2) is 13.2 Å². The zero-order chi connectivity index (χ0) is 35.4. The van der Waals surface area contributed by atoms with Crippen LogP contribution in [0.15, 0.2) is 0 Å². The number of carbonyl (C=O) groups is 5. The highest BCUT2D eigenvalue weighted by Gasteiger charge is 2.70. The number of fused-ring (bicyclic) bond motifs is 1. The Morgan fingerprint density at radius 1 is 0.837 bits per heavy atom. The second-order valence-electron chi connectivity index (χ2n) is 17.0. The molecule has 0 aromatic carbocycles. The van der Waals surface area contributed by atoms with Crippen molar-refractivity contribution in [1.29, 1.82) is 0 Å². The number of amides is 5. The maximum Gasteiger partial charge on any atom is 0.315 e. The third-order valence-corrected chi connectivity index (χ3v) is 15.8. The van der Waals surface area contributed by atoms with E-state index in [1.807, 2.05) is 6.92 Å². The molecule has 2 aliphatic heterocycles. The van der Waals surface area contributed by atoms with E-state index in [9.17, 15) is 32.4 Å². The van der Waals surface area contributed by atoms with Gasteiger partial charge in [-0.15, -0.1) is 0 Å². The Morgan fingerprint density at radius 3 is 2.04 bits per heavy atom. The van der Waals surface area contributed by atoms with E-state index in [2.05, 4.69) is 35.1 Å². The average Bonchev–Trinajstić information content (AvgIpc) is 3.85. The molecule has 4 saturated carbocycles. The molecule has 0 bridgehead atoms. The first-order chi connectivity index (χ1) is 23.1. The van der Waals surface area contributed by atoms with Crippen LogP contribution in [0.3, 0.4) is 0 Å². The van der Waals surface area contributed by atoms with E-state index in [1.165, 1.54) is 7.05 Å². The van der Waals surface area contributed by atoms with Crippen molar-refractivity contribution < 1.29 is 32.4 Å². The van der Waals surface area contributed by atoms with Crippen LogP contribution in [0, 0.1) is 28.6 Å². The monoisotopic (exact) mass is 703 g/mol. The van der Waals surface area contributed by atoms with Crippen molar-refractivity contribution >= 4 is 39.4 Å². The normalized spacial score (nSPS) is 31.8. The second kappa shape index (κ2) is 13.5. The van der Waals surface area contributed by atoms with Crippen molar-refractivity contribution in [2.75, 3.05) is 19.3 Å². The smallest absolute Gasteiger partial charge is 0.315 e. The van der Waals surface area contributed by atoms with Crippen LogP contribution in [0.2, 0.25) is 0 Å². The number of hydrogen-bond donors (Lipinski definition) is 4. The van der Waals surface area contributed by atoms with Gasteiger partial charge >= 0.3 is 6.03 Å². The number of likely N-dealkylation sites (N-methyl/N-ethyl adjacent to an activating group) is 1. The molecule has 0 aromatic rings. The van der Waals surface area contributed by atoms with E-state index < -0.39 is 67.8 Å². The van der Waals surface area contributed by atoms with Crippen molar-refractivity contribution in [2.24, 2.45) is 28.6 Å². The third-order valence-electron chi connectivity index (χ3n) is 13.4. The minimum atomic E-state index is -3.35. The van der Waals surface area contributed by atoms with Gasteiger partial charge in [0.05, 0.1) is 22.6 Å². The summed E-state index contributed by atoms with van der Waals surface area (Å²) in [4.78, 5) is 70.1. The third kappa shape index (κ3) is 6.98. The standard InChI is InChI=1S/C36H57N5O7S/c1-34(2)23-21-41(27(26(23)34)30(43)38-24(20-22-13-14-22)28(42)31(44)37-4)32(45)29(35(3)15-7-5-8-16-35)39-33(46)40-36(17-9-6-10-18-36)25-12-11-19-49(25,47)48/h22-27,29H,5-21H2,1-4H3,(H,37,44)(H,38,43)(H2,39,40,46)/t23-,24-,25+,26-,27-,29+/m0/s1. The molecule has 6 aliphatic rings. The van der Waals surface area contributed by atoms with Gasteiger partial charge in [0.1, 0.15) is 12.1 Å². The minimum Gasteiger partial charge on any atom is -0.353 e. The Balaban J connectivity index is 1.26. The molecule has 6 fully saturated rings. The highest BCUT2D eigenvalue weighted by molar-refractivity contribution is 7.92. The summed E-state index contributed by atoms with van der Waals surface area (Å²) in [6, 6.07) is -3.24. The topological polar surface area (TPSA) is 171 Å². The van der Waals surface area contributed by atoms with Crippen molar-refractivity contribution in [1.82, 2.24) is 26.2 Å². The number of carbonyl (C=O) groups excluding carboxylic acids is 5. The highest BCUT2D eigenvalue weighted by atomic mass is 32.2. The number of urea groups is 1. The number of nitrogens with one attached hydrogen (secondary N) is 4. The van der Waals surface area contributed by atoms with Gasteiger partial charge in [-0.05, 0) is 73.5 Å². The Hall–Kier alpha value is -2.70. The van der Waals surface area contributed by atoms with Crippen LogP contribution >= 0.6 is 0 Å². The molecule has 0 unspecified atom stereocenters. The van der Waals surface area contributed by atoms with E-state index in [1.54, 1.807) is 4.90 Å². The highest BCUT2D eigenvalue weighted by Crippen LogP contribution is 2.65. The fraction of sp³-hybridized carbons (Fsp3) is 0.861. The molecule has 274 valence electrons. The minimum absolute atomic E-state index is 0.0930. The van der Waals surface area contributed by atoms with E-state index in [0.717, 1.165) is 64.2 Å². The van der Waals surface area contributed by atoms with Crippen LogP contribution in [0.5, 0.6) is 0 Å². The molecule has 12 nitrogen and oxygen atoms in total. The molecule has 2 heterocycles. The first-order valence-electron chi connectivity index (χ1n) is 18.8. The molecule has 4 N–H and O–H groups in total. The molecule has 6 atom stereocenters. The quantitative estimate of drug-likeness (QED) is 0.240. The molecule has 0 aromatic heterocycles. The second-order valence-corrected chi connectivity index (χ2v) is 19.3. The van der Waals surface area contributed by atoms with Crippen molar-refractivity contribution in [2.45, 2.75) is 146 Å². The van der Waals surface area contributed by atoms with Gasteiger partial charge in [0.2, 0.25) is 17.6 Å². The Morgan fingerprint density at radius 2 is 1.47 bits per heavy atom. The van der Waals surface area contributed by atoms with Crippen molar-refractivity contribution in [3.8, 4) is 0 Å². The van der Waals surface area contributed by atoms with Gasteiger partial charge in [-0.2, -0.15) is 0 Å². The lowest BCUT2D eigenvalue weighted by Gasteiger charge is -2.45. The van der Waals surface area contributed by atoms with Gasteiger partial charge in [0.15, 0.2) is 9.84 Å². The number of rotatable bonds is 11. The van der Waals surface area contributed by atoms with Crippen LogP contribution in [0.1, 0.15) is 117 Å². The number of hydrogen-bond acceptors (Lipinski definition) is 7. The molecular weight excluding hydrogens is 646 g/mol. The number of piperidine rings is 1. The first kappa shape index (κ1) is 36.1. The van der Waals surface area contributed by atoms with Gasteiger partial charge in [-0.1, -0.05) is 72.1 Å². The van der Waals surface area contributed by atoms with E-state index in [-0.39, 0.29) is 34.8 Å². The predicted octanol–water partition coefficient (Wildman–Crippen LogP) is 2.99. The summed E-state index contributed by atoms with van der Waals surface area (Å²) in [7, 11) is -1.96. The van der Waals surface area contributed by atoms with Gasteiger partial charge in [0, 0.05) is 13.6 Å². The molecular formula is C36H57N5O7S.